The van der Waals surface area contributed by atoms with E-state index in [1.807, 2.05) is 60.8 Å². The monoisotopic (exact) mass is 589 g/mol. The zero-order chi connectivity index (χ0) is 31.4. The number of piperidine rings is 1. The lowest BCUT2D eigenvalue weighted by atomic mass is 9.98. The highest BCUT2D eigenvalue weighted by Crippen LogP contribution is 2.25. The number of fused-ring (bicyclic) bond motifs is 1. The summed E-state index contributed by atoms with van der Waals surface area (Å²) in [5, 5.41) is 6.52. The quantitative estimate of drug-likeness (QED) is 0.356. The number of alkyl carbamates (subject to hydrolysis) is 1. The van der Waals surface area contributed by atoms with Gasteiger partial charge in [0.05, 0.1) is 0 Å². The Balaban J connectivity index is 1.51. The van der Waals surface area contributed by atoms with E-state index in [0.717, 1.165) is 22.2 Å². The van der Waals surface area contributed by atoms with Crippen molar-refractivity contribution in [3.05, 3.63) is 66.4 Å². The Labute approximate surface area is 253 Å². The van der Waals surface area contributed by atoms with E-state index in [2.05, 4.69) is 15.6 Å². The Bertz CT molecular complexity index is 1450. The second-order valence-corrected chi connectivity index (χ2v) is 12.6. The van der Waals surface area contributed by atoms with E-state index in [1.165, 1.54) is 0 Å². The molecule has 1 aromatic heterocycles. The van der Waals surface area contributed by atoms with Crippen LogP contribution in [0.2, 0.25) is 0 Å². The SMILES string of the molecule is CC(=O)N(c1ccccc1)C1CCN(C(=O)C(Cc2c[nH]c3ccccc23)NC(=O)C(C)(C)NC(=O)OC(C)(C)C)CC1. The number of para-hydroxylation sites is 2. The van der Waals surface area contributed by atoms with E-state index in [-0.39, 0.29) is 24.3 Å². The third-order valence-electron chi connectivity index (χ3n) is 7.60. The number of amides is 4. The van der Waals surface area contributed by atoms with Crippen LogP contribution >= 0.6 is 0 Å². The molecule has 0 aliphatic carbocycles. The van der Waals surface area contributed by atoms with Gasteiger partial charge in [0, 0.05) is 55.3 Å². The van der Waals surface area contributed by atoms with Crippen molar-refractivity contribution in [2.24, 2.45) is 0 Å². The smallest absolute Gasteiger partial charge is 0.408 e. The van der Waals surface area contributed by atoms with Gasteiger partial charge in [0.15, 0.2) is 0 Å². The molecule has 1 unspecified atom stereocenters. The van der Waals surface area contributed by atoms with Crippen LogP contribution in [0.15, 0.2) is 60.8 Å². The fraction of sp³-hybridized carbons (Fsp3) is 0.455. The molecule has 0 radical (unpaired) electrons. The first-order chi connectivity index (χ1) is 20.2. The number of ether oxygens (including phenoxy) is 1. The summed E-state index contributed by atoms with van der Waals surface area (Å²) >= 11 is 0. The molecule has 0 spiro atoms. The summed E-state index contributed by atoms with van der Waals surface area (Å²) < 4.78 is 5.35. The molecule has 10 nitrogen and oxygen atoms in total. The van der Waals surface area contributed by atoms with Crippen molar-refractivity contribution in [2.75, 3.05) is 18.0 Å². The minimum atomic E-state index is -1.34. The molecule has 230 valence electrons. The lowest BCUT2D eigenvalue weighted by Crippen LogP contribution is -2.60. The molecule has 1 saturated heterocycles. The Kier molecular flexibility index (Phi) is 9.47. The molecule has 1 aliphatic heterocycles. The summed E-state index contributed by atoms with van der Waals surface area (Å²) in [7, 11) is 0. The van der Waals surface area contributed by atoms with Gasteiger partial charge in [-0.3, -0.25) is 14.4 Å². The van der Waals surface area contributed by atoms with Crippen LogP contribution in [0.5, 0.6) is 0 Å². The predicted octanol–water partition coefficient (Wildman–Crippen LogP) is 4.54. The minimum Gasteiger partial charge on any atom is -0.444 e. The number of nitrogens with one attached hydrogen (secondary N) is 3. The van der Waals surface area contributed by atoms with Gasteiger partial charge in [-0.05, 0) is 71.2 Å². The average molecular weight is 590 g/mol. The Hall–Kier alpha value is -4.34. The molecule has 2 aromatic carbocycles. The normalized spacial score (nSPS) is 15.1. The van der Waals surface area contributed by atoms with Crippen LogP contribution in [0.1, 0.15) is 59.9 Å². The number of aromatic amines is 1. The first-order valence-electron chi connectivity index (χ1n) is 14.8. The van der Waals surface area contributed by atoms with E-state index in [4.69, 9.17) is 4.74 Å². The Morgan fingerprint density at radius 3 is 2.23 bits per heavy atom. The lowest BCUT2D eigenvalue weighted by Gasteiger charge is -2.39. The highest BCUT2D eigenvalue weighted by molar-refractivity contribution is 5.95. The van der Waals surface area contributed by atoms with Crippen molar-refractivity contribution >= 4 is 40.4 Å². The van der Waals surface area contributed by atoms with Crippen LogP contribution in [0.4, 0.5) is 10.5 Å². The topological polar surface area (TPSA) is 124 Å². The summed E-state index contributed by atoms with van der Waals surface area (Å²) in [5.74, 6) is -0.752. The minimum absolute atomic E-state index is 0.0393. The van der Waals surface area contributed by atoms with Crippen molar-refractivity contribution in [3.63, 3.8) is 0 Å². The molecule has 10 heteroatoms. The van der Waals surface area contributed by atoms with Crippen LogP contribution < -0.4 is 15.5 Å². The zero-order valence-corrected chi connectivity index (χ0v) is 25.9. The van der Waals surface area contributed by atoms with Gasteiger partial charge in [0.25, 0.3) is 0 Å². The van der Waals surface area contributed by atoms with E-state index in [1.54, 1.807) is 51.3 Å². The summed E-state index contributed by atoms with van der Waals surface area (Å²) in [4.78, 5) is 59.4. The molecule has 2 heterocycles. The molecule has 4 rings (SSSR count). The molecule has 43 heavy (non-hydrogen) atoms. The maximum Gasteiger partial charge on any atom is 0.408 e. The molecule has 3 aromatic rings. The number of anilines is 1. The number of nitrogens with zero attached hydrogens (tertiary/aromatic N) is 2. The second kappa shape index (κ2) is 12.9. The molecule has 0 saturated carbocycles. The number of aromatic nitrogens is 1. The Morgan fingerprint density at radius 2 is 1.60 bits per heavy atom. The molecule has 4 amide bonds. The number of likely N-dealkylation sites (tertiary alicyclic amines) is 1. The standard InChI is InChI=1S/C33H43N5O5/c1-22(39)38(24-12-8-7-9-13-24)25-16-18-37(19-17-25)29(40)28(20-23-21-34-27-15-11-10-14-26(23)27)35-30(41)33(5,6)36-31(42)43-32(2,3)4/h7-15,21,25,28,34H,16-20H2,1-6H3,(H,35,41)(H,36,42). The number of hydrogen-bond acceptors (Lipinski definition) is 5. The van der Waals surface area contributed by atoms with Crippen LogP contribution in [-0.4, -0.2) is 70.0 Å². The maximum atomic E-state index is 14.0. The molecule has 1 fully saturated rings. The van der Waals surface area contributed by atoms with Gasteiger partial charge >= 0.3 is 6.09 Å². The van der Waals surface area contributed by atoms with Gasteiger partial charge in [-0.1, -0.05) is 36.4 Å². The zero-order valence-electron chi connectivity index (χ0n) is 25.9. The van der Waals surface area contributed by atoms with E-state index in [9.17, 15) is 19.2 Å². The van der Waals surface area contributed by atoms with Crippen LogP contribution in [0, 0.1) is 0 Å². The van der Waals surface area contributed by atoms with Gasteiger partial charge < -0.3 is 30.2 Å². The molecular formula is C33H43N5O5. The maximum absolute atomic E-state index is 14.0. The Morgan fingerprint density at radius 1 is 0.977 bits per heavy atom. The van der Waals surface area contributed by atoms with Crippen molar-refractivity contribution in [2.45, 2.75) is 84.0 Å². The van der Waals surface area contributed by atoms with Crippen molar-refractivity contribution in [1.29, 1.82) is 0 Å². The molecule has 0 bridgehead atoms. The summed E-state index contributed by atoms with van der Waals surface area (Å²) in [6, 6.07) is 16.4. The van der Waals surface area contributed by atoms with Gasteiger partial charge in [-0.25, -0.2) is 4.79 Å². The van der Waals surface area contributed by atoms with Crippen molar-refractivity contribution in [1.82, 2.24) is 20.5 Å². The highest BCUT2D eigenvalue weighted by atomic mass is 16.6. The fourth-order valence-electron chi connectivity index (χ4n) is 5.48. The molecular weight excluding hydrogens is 546 g/mol. The lowest BCUT2D eigenvalue weighted by molar-refractivity contribution is -0.138. The number of benzene rings is 2. The van der Waals surface area contributed by atoms with Gasteiger partial charge in [0.2, 0.25) is 17.7 Å². The summed E-state index contributed by atoms with van der Waals surface area (Å²) in [6.07, 6.45) is 2.63. The van der Waals surface area contributed by atoms with Gasteiger partial charge in [0.1, 0.15) is 17.2 Å². The number of hydrogen-bond donors (Lipinski definition) is 3. The molecule has 3 N–H and O–H groups in total. The average Bonchev–Trinajstić information content (AvgIpc) is 3.34. The molecule has 1 aliphatic rings. The van der Waals surface area contributed by atoms with Crippen molar-refractivity contribution in [3.8, 4) is 0 Å². The molecule has 1 atom stereocenters. The summed E-state index contributed by atoms with van der Waals surface area (Å²) in [6.45, 7) is 10.8. The predicted molar refractivity (Wildman–Crippen MR) is 167 cm³/mol. The first kappa shape index (κ1) is 31.6. The largest absolute Gasteiger partial charge is 0.444 e. The van der Waals surface area contributed by atoms with Crippen LogP contribution in [0.25, 0.3) is 10.9 Å². The number of carbonyl (C=O) groups is 4. The first-order valence-corrected chi connectivity index (χ1v) is 14.8. The van der Waals surface area contributed by atoms with Crippen molar-refractivity contribution < 1.29 is 23.9 Å². The van der Waals surface area contributed by atoms with Gasteiger partial charge in [-0.15, -0.1) is 0 Å². The third kappa shape index (κ3) is 7.94. The van der Waals surface area contributed by atoms with E-state index in [0.29, 0.717) is 25.9 Å². The second-order valence-electron chi connectivity index (χ2n) is 12.6. The van der Waals surface area contributed by atoms with E-state index >= 15 is 0 Å². The van der Waals surface area contributed by atoms with Crippen LogP contribution in [0.3, 0.4) is 0 Å². The number of rotatable bonds is 8. The third-order valence-corrected chi connectivity index (χ3v) is 7.60. The number of carbonyl (C=O) groups excluding carboxylic acids is 4. The fourth-order valence-corrected chi connectivity index (χ4v) is 5.48. The van der Waals surface area contributed by atoms with E-state index < -0.39 is 29.2 Å². The van der Waals surface area contributed by atoms with Gasteiger partial charge in [-0.2, -0.15) is 0 Å². The summed E-state index contributed by atoms with van der Waals surface area (Å²) in [5.41, 5.74) is 0.603. The highest BCUT2D eigenvalue weighted by Gasteiger charge is 2.37. The number of H-pyrrole nitrogens is 1. The van der Waals surface area contributed by atoms with Crippen LogP contribution in [-0.2, 0) is 25.5 Å².